The lowest BCUT2D eigenvalue weighted by Crippen LogP contribution is -2.25. The first-order valence-electron chi connectivity index (χ1n) is 10.1. The number of hydrogen-bond donors (Lipinski definition) is 1. The minimum Gasteiger partial charge on any atom is -0.493 e. The number of aryl methyl sites for hydroxylation is 1. The third-order valence-electron chi connectivity index (χ3n) is 5.05. The first-order valence-corrected chi connectivity index (χ1v) is 10.1. The Morgan fingerprint density at radius 2 is 1.76 bits per heavy atom. The van der Waals surface area contributed by atoms with Crippen LogP contribution < -0.4 is 10.1 Å². The van der Waals surface area contributed by atoms with Crippen molar-refractivity contribution in [1.82, 2.24) is 15.1 Å². The quantitative estimate of drug-likeness (QED) is 0.606. The molecule has 0 bridgehead atoms. The molecule has 3 rings (SSSR count). The van der Waals surface area contributed by atoms with Gasteiger partial charge in [-0.2, -0.15) is 5.10 Å². The first-order chi connectivity index (χ1) is 14.0. The summed E-state index contributed by atoms with van der Waals surface area (Å²) in [5.74, 6) is 1.25. The second kappa shape index (κ2) is 9.41. The molecule has 0 aliphatic carbocycles. The molecule has 152 valence electrons. The highest BCUT2D eigenvalue weighted by Gasteiger charge is 2.13. The Labute approximate surface area is 172 Å². The van der Waals surface area contributed by atoms with Crippen molar-refractivity contribution >= 4 is 5.91 Å². The summed E-state index contributed by atoms with van der Waals surface area (Å²) in [7, 11) is 0. The number of aromatic nitrogens is 2. The number of hydrogen-bond acceptors (Lipinski definition) is 3. The lowest BCUT2D eigenvalue weighted by molar-refractivity contribution is -0.121. The summed E-state index contributed by atoms with van der Waals surface area (Å²) in [6.45, 7) is 9.14. The molecule has 5 heteroatoms. The van der Waals surface area contributed by atoms with Crippen LogP contribution in [0.2, 0.25) is 0 Å². The van der Waals surface area contributed by atoms with Gasteiger partial charge in [0.05, 0.1) is 24.4 Å². The fourth-order valence-corrected chi connectivity index (χ4v) is 3.24. The zero-order valence-electron chi connectivity index (χ0n) is 17.6. The van der Waals surface area contributed by atoms with Crippen molar-refractivity contribution in [3.8, 4) is 11.4 Å². The zero-order valence-corrected chi connectivity index (χ0v) is 17.6. The Bertz CT molecular complexity index is 944. The molecule has 0 saturated heterocycles. The number of nitrogens with zero attached hydrogens (tertiary/aromatic N) is 2. The summed E-state index contributed by atoms with van der Waals surface area (Å²) >= 11 is 0. The first kappa shape index (κ1) is 20.6. The van der Waals surface area contributed by atoms with Crippen LogP contribution in [0, 0.1) is 13.8 Å². The number of amides is 1. The molecule has 1 heterocycles. The minimum absolute atomic E-state index is 0.0324. The van der Waals surface area contributed by atoms with Crippen LogP contribution in [0.15, 0.2) is 54.6 Å². The Balaban J connectivity index is 1.50. The Hall–Kier alpha value is -3.08. The van der Waals surface area contributed by atoms with Gasteiger partial charge in [-0.25, -0.2) is 4.68 Å². The molecular formula is C24H29N3O2. The summed E-state index contributed by atoms with van der Waals surface area (Å²) in [5, 5.41) is 7.60. The van der Waals surface area contributed by atoms with Gasteiger partial charge in [0.25, 0.3) is 0 Å². The van der Waals surface area contributed by atoms with Gasteiger partial charge in [-0.3, -0.25) is 4.79 Å². The van der Waals surface area contributed by atoms with E-state index in [1.165, 1.54) is 5.56 Å². The predicted molar refractivity (Wildman–Crippen MR) is 116 cm³/mol. The van der Waals surface area contributed by atoms with Gasteiger partial charge in [0.15, 0.2) is 0 Å². The molecule has 0 spiro atoms. The predicted octanol–water partition coefficient (Wildman–Crippen LogP) is 4.70. The van der Waals surface area contributed by atoms with Crippen molar-refractivity contribution in [3.63, 3.8) is 0 Å². The number of rotatable bonds is 8. The van der Waals surface area contributed by atoms with Gasteiger partial charge in [-0.15, -0.1) is 0 Å². The van der Waals surface area contributed by atoms with Crippen molar-refractivity contribution in [2.24, 2.45) is 0 Å². The molecule has 0 fully saturated rings. The second-order valence-electron chi connectivity index (χ2n) is 7.50. The van der Waals surface area contributed by atoms with Crippen LogP contribution in [-0.4, -0.2) is 22.3 Å². The molecule has 1 aromatic heterocycles. The van der Waals surface area contributed by atoms with Crippen LogP contribution in [0.4, 0.5) is 0 Å². The molecule has 3 aromatic rings. The summed E-state index contributed by atoms with van der Waals surface area (Å²) in [4.78, 5) is 12.2. The average molecular weight is 392 g/mol. The van der Waals surface area contributed by atoms with Gasteiger partial charge in [0, 0.05) is 17.8 Å². The van der Waals surface area contributed by atoms with E-state index in [9.17, 15) is 4.79 Å². The summed E-state index contributed by atoms with van der Waals surface area (Å²) in [6.07, 6.45) is 0.316. The number of benzene rings is 2. The fraction of sp³-hybridized carbons (Fsp3) is 0.333. The Morgan fingerprint density at radius 1 is 1.07 bits per heavy atom. The van der Waals surface area contributed by atoms with Gasteiger partial charge >= 0.3 is 0 Å². The zero-order chi connectivity index (χ0) is 20.8. The van der Waals surface area contributed by atoms with E-state index in [-0.39, 0.29) is 5.91 Å². The van der Waals surface area contributed by atoms with Crippen molar-refractivity contribution in [3.05, 3.63) is 77.1 Å². The molecule has 0 aliphatic heterocycles. The smallest absolute Gasteiger partial charge is 0.223 e. The van der Waals surface area contributed by atoms with Gasteiger partial charge in [0.2, 0.25) is 5.91 Å². The fourth-order valence-electron chi connectivity index (χ4n) is 3.24. The van der Waals surface area contributed by atoms with Gasteiger partial charge < -0.3 is 10.1 Å². The molecule has 5 nitrogen and oxygen atoms in total. The van der Waals surface area contributed by atoms with Crippen molar-refractivity contribution in [2.45, 2.75) is 46.6 Å². The monoisotopic (exact) mass is 391 g/mol. The Morgan fingerprint density at radius 3 is 2.41 bits per heavy atom. The van der Waals surface area contributed by atoms with Crippen LogP contribution in [0.1, 0.15) is 48.7 Å². The molecule has 29 heavy (non-hydrogen) atoms. The molecule has 0 radical (unpaired) electrons. The topological polar surface area (TPSA) is 56.2 Å². The highest BCUT2D eigenvalue weighted by atomic mass is 16.5. The van der Waals surface area contributed by atoms with E-state index in [0.717, 1.165) is 28.4 Å². The van der Waals surface area contributed by atoms with Crippen molar-refractivity contribution in [2.75, 3.05) is 6.61 Å². The van der Waals surface area contributed by atoms with Crippen LogP contribution >= 0.6 is 0 Å². The number of ether oxygens (including phenoxy) is 1. The van der Waals surface area contributed by atoms with E-state index in [0.29, 0.717) is 25.5 Å². The minimum atomic E-state index is -0.0324. The molecule has 1 amide bonds. The third-order valence-corrected chi connectivity index (χ3v) is 5.05. The molecule has 0 aliphatic rings. The third kappa shape index (κ3) is 5.25. The standard InChI is InChI=1S/C24H29N3O2/c1-17(2)20-10-12-22(13-11-20)29-15-14-24(28)25-16-23-18(3)26-27(19(23)4)21-8-6-5-7-9-21/h5-13,17H,14-16H2,1-4H3,(H,25,28). The van der Waals surface area contributed by atoms with E-state index in [1.807, 2.05) is 61.0 Å². The van der Waals surface area contributed by atoms with Crippen LogP contribution in [0.3, 0.4) is 0 Å². The average Bonchev–Trinajstić information content (AvgIpc) is 3.01. The van der Waals surface area contributed by atoms with Gasteiger partial charge in [0.1, 0.15) is 5.75 Å². The molecular weight excluding hydrogens is 362 g/mol. The van der Waals surface area contributed by atoms with Crippen LogP contribution in [-0.2, 0) is 11.3 Å². The number of nitrogens with one attached hydrogen (secondary N) is 1. The van der Waals surface area contributed by atoms with Gasteiger partial charge in [-0.05, 0) is 49.6 Å². The molecule has 0 atom stereocenters. The van der Waals surface area contributed by atoms with E-state index < -0.39 is 0 Å². The number of para-hydroxylation sites is 1. The number of carbonyl (C=O) groups is 1. The second-order valence-corrected chi connectivity index (χ2v) is 7.50. The maximum Gasteiger partial charge on any atom is 0.223 e. The SMILES string of the molecule is Cc1nn(-c2ccccc2)c(C)c1CNC(=O)CCOc1ccc(C(C)C)cc1. The lowest BCUT2D eigenvalue weighted by Gasteiger charge is -2.10. The number of carbonyl (C=O) groups excluding carboxylic acids is 1. The maximum atomic E-state index is 12.2. The molecule has 0 unspecified atom stereocenters. The lowest BCUT2D eigenvalue weighted by atomic mass is 10.0. The largest absolute Gasteiger partial charge is 0.493 e. The van der Waals surface area contributed by atoms with E-state index in [2.05, 4.69) is 36.4 Å². The van der Waals surface area contributed by atoms with Crippen LogP contribution in [0.5, 0.6) is 5.75 Å². The highest BCUT2D eigenvalue weighted by Crippen LogP contribution is 2.19. The van der Waals surface area contributed by atoms with Gasteiger partial charge in [-0.1, -0.05) is 44.2 Å². The Kier molecular flexibility index (Phi) is 6.70. The molecule has 2 aromatic carbocycles. The maximum absolute atomic E-state index is 12.2. The van der Waals surface area contributed by atoms with Crippen molar-refractivity contribution in [1.29, 1.82) is 0 Å². The van der Waals surface area contributed by atoms with Crippen molar-refractivity contribution < 1.29 is 9.53 Å². The summed E-state index contributed by atoms with van der Waals surface area (Å²) in [6, 6.07) is 18.0. The summed E-state index contributed by atoms with van der Waals surface area (Å²) in [5.41, 5.74) is 5.30. The normalized spacial score (nSPS) is 10.9. The van der Waals surface area contributed by atoms with E-state index >= 15 is 0 Å². The molecule has 0 saturated carbocycles. The highest BCUT2D eigenvalue weighted by molar-refractivity contribution is 5.76. The van der Waals surface area contributed by atoms with Crippen LogP contribution in [0.25, 0.3) is 5.69 Å². The molecule has 1 N–H and O–H groups in total. The van der Waals surface area contributed by atoms with E-state index in [1.54, 1.807) is 0 Å². The van der Waals surface area contributed by atoms with E-state index in [4.69, 9.17) is 4.74 Å². The summed E-state index contributed by atoms with van der Waals surface area (Å²) < 4.78 is 7.61.